The van der Waals surface area contributed by atoms with Gasteiger partial charge in [0.05, 0.1) is 6.54 Å². The molecule has 8 heteroatoms. The number of anilines is 1. The zero-order valence-electron chi connectivity index (χ0n) is 15.2. The van der Waals surface area contributed by atoms with Crippen LogP contribution in [0.4, 0.5) is 10.5 Å². The zero-order valence-corrected chi connectivity index (χ0v) is 15.2. The molecule has 3 N–H and O–H groups in total. The molecule has 2 aromatic heterocycles. The standard InChI is InChI=1S/C19H22N6O2/c1-13(2)17(22-19(27)21-14-8-4-3-5-9-14)18(26)20-12-16-24-23-15-10-6-7-11-25(15)16/h3-11,13,17H,12H2,1-2H3,(H,20,26)(H2,21,22,27)/t17-/m1/s1. The van der Waals surface area contributed by atoms with Crippen LogP contribution in [0.25, 0.3) is 5.65 Å². The molecule has 0 bridgehead atoms. The smallest absolute Gasteiger partial charge is 0.319 e. The lowest BCUT2D eigenvalue weighted by Crippen LogP contribution is -2.50. The summed E-state index contributed by atoms with van der Waals surface area (Å²) in [6, 6.07) is 13.5. The van der Waals surface area contributed by atoms with Gasteiger partial charge in [-0.25, -0.2) is 4.79 Å². The van der Waals surface area contributed by atoms with Crippen molar-refractivity contribution in [2.75, 3.05) is 5.32 Å². The van der Waals surface area contributed by atoms with Gasteiger partial charge in [-0.1, -0.05) is 38.1 Å². The summed E-state index contributed by atoms with van der Waals surface area (Å²) in [6.07, 6.45) is 1.84. The highest BCUT2D eigenvalue weighted by atomic mass is 16.2. The SMILES string of the molecule is CC(C)[C@@H](NC(=O)Nc1ccccc1)C(=O)NCc1nnc2ccccn12. The Hall–Kier alpha value is -3.42. The molecule has 0 aliphatic heterocycles. The highest BCUT2D eigenvalue weighted by molar-refractivity contribution is 5.93. The summed E-state index contributed by atoms with van der Waals surface area (Å²) in [7, 11) is 0. The average Bonchev–Trinajstić information content (AvgIpc) is 3.08. The number of hydrogen-bond donors (Lipinski definition) is 3. The predicted molar refractivity (Wildman–Crippen MR) is 102 cm³/mol. The number of hydrogen-bond acceptors (Lipinski definition) is 4. The number of fused-ring (bicyclic) bond motifs is 1. The molecule has 0 radical (unpaired) electrons. The Bertz CT molecular complexity index is 922. The molecule has 27 heavy (non-hydrogen) atoms. The minimum Gasteiger partial charge on any atom is -0.347 e. The lowest BCUT2D eigenvalue weighted by Gasteiger charge is -2.21. The Morgan fingerprint density at radius 2 is 1.78 bits per heavy atom. The van der Waals surface area contributed by atoms with Gasteiger partial charge < -0.3 is 16.0 Å². The molecule has 3 amide bonds. The molecule has 0 saturated carbocycles. The first kappa shape index (κ1) is 18.4. The molecule has 0 unspecified atom stereocenters. The van der Waals surface area contributed by atoms with Crippen LogP contribution in [-0.2, 0) is 11.3 Å². The molecular formula is C19H22N6O2. The lowest BCUT2D eigenvalue weighted by atomic mass is 10.0. The first-order valence-electron chi connectivity index (χ1n) is 8.73. The first-order valence-corrected chi connectivity index (χ1v) is 8.73. The van der Waals surface area contributed by atoms with Crippen LogP contribution in [0.2, 0.25) is 0 Å². The fraction of sp³-hybridized carbons (Fsp3) is 0.263. The largest absolute Gasteiger partial charge is 0.347 e. The molecule has 0 saturated heterocycles. The van der Waals surface area contributed by atoms with E-state index in [-0.39, 0.29) is 18.4 Å². The summed E-state index contributed by atoms with van der Waals surface area (Å²) < 4.78 is 1.81. The van der Waals surface area contributed by atoms with Crippen molar-refractivity contribution >= 4 is 23.3 Å². The Morgan fingerprint density at radius 3 is 2.52 bits per heavy atom. The fourth-order valence-electron chi connectivity index (χ4n) is 2.65. The quantitative estimate of drug-likeness (QED) is 0.622. The third kappa shape index (κ3) is 4.60. The van der Waals surface area contributed by atoms with Crippen molar-refractivity contribution in [2.45, 2.75) is 26.4 Å². The molecule has 0 fully saturated rings. The summed E-state index contributed by atoms with van der Waals surface area (Å²) in [4.78, 5) is 24.8. The number of para-hydroxylation sites is 1. The Labute approximate surface area is 157 Å². The first-order chi connectivity index (χ1) is 13.0. The third-order valence-electron chi connectivity index (χ3n) is 4.07. The van der Waals surface area contributed by atoms with Crippen molar-refractivity contribution in [1.29, 1.82) is 0 Å². The number of pyridine rings is 1. The van der Waals surface area contributed by atoms with E-state index in [1.54, 1.807) is 16.5 Å². The second kappa shape index (κ2) is 8.31. The van der Waals surface area contributed by atoms with Gasteiger partial charge in [-0.3, -0.25) is 9.20 Å². The van der Waals surface area contributed by atoms with Crippen molar-refractivity contribution in [1.82, 2.24) is 25.2 Å². The molecule has 0 aliphatic carbocycles. The third-order valence-corrected chi connectivity index (χ3v) is 4.07. The molecule has 1 aromatic carbocycles. The van der Waals surface area contributed by atoms with E-state index >= 15 is 0 Å². The molecule has 3 rings (SSSR count). The van der Waals surface area contributed by atoms with Gasteiger partial charge in [0.15, 0.2) is 11.5 Å². The van der Waals surface area contributed by atoms with E-state index in [0.29, 0.717) is 17.2 Å². The minimum absolute atomic E-state index is 0.0818. The number of nitrogens with one attached hydrogen (secondary N) is 3. The van der Waals surface area contributed by atoms with Crippen molar-refractivity contribution in [3.63, 3.8) is 0 Å². The van der Waals surface area contributed by atoms with Crippen LogP contribution < -0.4 is 16.0 Å². The number of aromatic nitrogens is 3. The number of carbonyl (C=O) groups is 2. The van der Waals surface area contributed by atoms with Crippen molar-refractivity contribution in [3.8, 4) is 0 Å². The van der Waals surface area contributed by atoms with E-state index in [2.05, 4.69) is 26.1 Å². The normalized spacial score (nSPS) is 12.0. The topological polar surface area (TPSA) is 100 Å². The maximum atomic E-state index is 12.6. The molecule has 140 valence electrons. The maximum Gasteiger partial charge on any atom is 0.319 e. The van der Waals surface area contributed by atoms with Crippen LogP contribution >= 0.6 is 0 Å². The summed E-state index contributed by atoms with van der Waals surface area (Å²) in [5.74, 6) is 0.262. The lowest BCUT2D eigenvalue weighted by molar-refractivity contribution is -0.124. The van der Waals surface area contributed by atoms with Crippen molar-refractivity contribution in [3.05, 3.63) is 60.6 Å². The van der Waals surface area contributed by atoms with Gasteiger partial charge in [-0.05, 0) is 30.2 Å². The highest BCUT2D eigenvalue weighted by Crippen LogP contribution is 2.07. The van der Waals surface area contributed by atoms with Crippen molar-refractivity contribution in [2.24, 2.45) is 5.92 Å². The second-order valence-corrected chi connectivity index (χ2v) is 6.45. The second-order valence-electron chi connectivity index (χ2n) is 6.45. The molecule has 2 heterocycles. The Morgan fingerprint density at radius 1 is 1.04 bits per heavy atom. The number of amides is 3. The molecule has 0 aliphatic rings. The van der Waals surface area contributed by atoms with Gasteiger partial charge in [0.25, 0.3) is 0 Å². The van der Waals surface area contributed by atoms with E-state index in [1.165, 1.54) is 0 Å². The predicted octanol–water partition coefficient (Wildman–Crippen LogP) is 2.19. The van der Waals surface area contributed by atoms with Crippen molar-refractivity contribution < 1.29 is 9.59 Å². The zero-order chi connectivity index (χ0) is 19.2. The van der Waals surface area contributed by atoms with Gasteiger partial charge >= 0.3 is 6.03 Å². The molecule has 8 nitrogen and oxygen atoms in total. The van der Waals surface area contributed by atoms with E-state index in [1.807, 2.05) is 56.4 Å². The van der Waals surface area contributed by atoms with Gasteiger partial charge in [0.1, 0.15) is 6.04 Å². The molecule has 0 spiro atoms. The summed E-state index contributed by atoms with van der Waals surface area (Å²) in [6.45, 7) is 3.97. The van der Waals surface area contributed by atoms with Gasteiger partial charge in [0.2, 0.25) is 5.91 Å². The fourth-order valence-corrected chi connectivity index (χ4v) is 2.65. The highest BCUT2D eigenvalue weighted by Gasteiger charge is 2.24. The summed E-state index contributed by atoms with van der Waals surface area (Å²) >= 11 is 0. The molecule has 3 aromatic rings. The van der Waals surface area contributed by atoms with E-state index in [0.717, 1.165) is 0 Å². The van der Waals surface area contributed by atoms with Crippen LogP contribution in [0.5, 0.6) is 0 Å². The molecular weight excluding hydrogens is 344 g/mol. The number of benzene rings is 1. The number of rotatable bonds is 6. The van der Waals surface area contributed by atoms with Gasteiger partial charge in [-0.2, -0.15) is 0 Å². The van der Waals surface area contributed by atoms with Crippen LogP contribution in [0.15, 0.2) is 54.7 Å². The monoisotopic (exact) mass is 366 g/mol. The van der Waals surface area contributed by atoms with Crippen LogP contribution in [-0.4, -0.2) is 32.6 Å². The summed E-state index contributed by atoms with van der Waals surface area (Å²) in [5.41, 5.74) is 1.37. The van der Waals surface area contributed by atoms with E-state index in [9.17, 15) is 9.59 Å². The molecule has 1 atom stereocenters. The number of carbonyl (C=O) groups excluding carboxylic acids is 2. The average molecular weight is 366 g/mol. The Balaban J connectivity index is 1.60. The number of urea groups is 1. The van der Waals surface area contributed by atoms with E-state index < -0.39 is 12.1 Å². The van der Waals surface area contributed by atoms with Crippen LogP contribution in [0, 0.1) is 5.92 Å². The Kier molecular flexibility index (Phi) is 5.65. The van der Waals surface area contributed by atoms with Gasteiger partial charge in [-0.15, -0.1) is 10.2 Å². The van der Waals surface area contributed by atoms with Crippen LogP contribution in [0.1, 0.15) is 19.7 Å². The van der Waals surface area contributed by atoms with Crippen LogP contribution in [0.3, 0.4) is 0 Å². The maximum absolute atomic E-state index is 12.6. The van der Waals surface area contributed by atoms with E-state index in [4.69, 9.17) is 0 Å². The van der Waals surface area contributed by atoms with Gasteiger partial charge in [0, 0.05) is 11.9 Å². The summed E-state index contributed by atoms with van der Waals surface area (Å²) in [5, 5.41) is 16.4. The minimum atomic E-state index is -0.673. The number of nitrogens with zero attached hydrogens (tertiary/aromatic N) is 3.